The molecule has 1 saturated heterocycles. The molecule has 1 aromatic rings. The first-order valence-corrected chi connectivity index (χ1v) is 13.7. The molecule has 2 heterocycles. The van der Waals surface area contributed by atoms with Gasteiger partial charge in [-0.3, -0.25) is 24.9 Å². The van der Waals surface area contributed by atoms with Crippen LogP contribution in [0, 0.1) is 0 Å². The van der Waals surface area contributed by atoms with Crippen molar-refractivity contribution >= 4 is 37.4 Å². The van der Waals surface area contributed by atoms with Crippen molar-refractivity contribution in [3.63, 3.8) is 0 Å². The highest BCUT2D eigenvalue weighted by Crippen LogP contribution is 2.45. The number of nitrogens with zero attached hydrogens (tertiary/aromatic N) is 1. The largest absolute Gasteiger partial charge is 0.524 e. The van der Waals surface area contributed by atoms with E-state index in [-0.39, 0.29) is 35.4 Å². The predicted molar refractivity (Wildman–Crippen MR) is 136 cm³/mol. The number of likely N-dealkylation sites (tertiary alicyclic amines) is 1. The lowest BCUT2D eigenvalue weighted by Gasteiger charge is -2.26. The summed E-state index contributed by atoms with van der Waals surface area (Å²) in [6.07, 6.45) is 13.3. The summed E-state index contributed by atoms with van der Waals surface area (Å²) < 4.78 is 21.5. The molecule has 1 aromatic carbocycles. The third-order valence-electron chi connectivity index (χ3n) is 5.54. The average molecular weight is 557 g/mol. The monoisotopic (exact) mass is 556 g/mol. The van der Waals surface area contributed by atoms with Crippen molar-refractivity contribution in [3.8, 4) is 11.5 Å². The quantitative estimate of drug-likeness (QED) is 0.176. The number of phosphoric acid groups is 1. The number of hydrogen-bond acceptors (Lipinski definition) is 8. The van der Waals surface area contributed by atoms with Crippen LogP contribution in [0.1, 0.15) is 54.4 Å². The molecule has 1 amide bonds. The molecule has 0 radical (unpaired) electrons. The Kier molecular flexibility index (Phi) is 10.6. The summed E-state index contributed by atoms with van der Waals surface area (Å²) >= 11 is 6.31. The fourth-order valence-electron chi connectivity index (χ4n) is 3.80. The van der Waals surface area contributed by atoms with E-state index in [1.165, 1.54) is 6.08 Å². The lowest BCUT2D eigenvalue weighted by molar-refractivity contribution is -0.139. The number of esters is 1. The second-order valence-corrected chi connectivity index (χ2v) is 9.93. The Morgan fingerprint density at radius 1 is 1.14 bits per heavy atom. The van der Waals surface area contributed by atoms with Gasteiger partial charge in [-0.05, 0) is 50.7 Å². The maximum Gasteiger partial charge on any atom is 0.524 e. The fraction of sp³-hybridized carbons (Fsp3) is 0.417. The van der Waals surface area contributed by atoms with Crippen LogP contribution in [0.15, 0.2) is 36.1 Å². The molecule has 3 rings (SSSR count). The normalized spacial score (nSPS) is 18.7. The van der Waals surface area contributed by atoms with Gasteiger partial charge in [-0.25, -0.2) is 9.36 Å². The van der Waals surface area contributed by atoms with Crippen molar-refractivity contribution in [2.45, 2.75) is 38.5 Å². The average Bonchev–Trinajstić information content (AvgIpc) is 2.84. The van der Waals surface area contributed by atoms with Crippen LogP contribution in [0.5, 0.6) is 11.5 Å². The van der Waals surface area contributed by atoms with E-state index in [1.54, 1.807) is 11.0 Å². The van der Waals surface area contributed by atoms with Gasteiger partial charge in [0.05, 0.1) is 17.3 Å². The second kappa shape index (κ2) is 13.6. The number of allylic oxidation sites excluding steroid dienone is 3. The number of phenolic OH excluding ortho intramolecular Hbond substituents is 1. The number of phenols is 1. The van der Waals surface area contributed by atoms with E-state index in [0.29, 0.717) is 25.9 Å². The maximum atomic E-state index is 13.0. The molecule has 11 nitrogen and oxygen atoms in total. The Hall–Kier alpha value is -2.82. The Balaban J connectivity index is 1.97. The summed E-state index contributed by atoms with van der Waals surface area (Å²) in [4.78, 5) is 51.2. The zero-order valence-corrected chi connectivity index (χ0v) is 21.7. The van der Waals surface area contributed by atoms with Gasteiger partial charge in [-0.15, -0.1) is 0 Å². The third kappa shape index (κ3) is 8.91. The van der Waals surface area contributed by atoms with Crippen molar-refractivity contribution < 1.29 is 43.1 Å². The number of aromatic hydroxyl groups is 1. The summed E-state index contributed by atoms with van der Waals surface area (Å²) in [7, 11) is -5.12. The highest BCUT2D eigenvalue weighted by molar-refractivity contribution is 7.46. The predicted octanol–water partition coefficient (Wildman–Crippen LogP) is 3.84. The van der Waals surface area contributed by atoms with Crippen molar-refractivity contribution in [2.24, 2.45) is 0 Å². The smallest absolute Gasteiger partial charge is 0.506 e. The van der Waals surface area contributed by atoms with Crippen LogP contribution in [0.2, 0.25) is 5.02 Å². The van der Waals surface area contributed by atoms with Crippen molar-refractivity contribution in [2.75, 3.05) is 26.3 Å². The van der Waals surface area contributed by atoms with E-state index in [4.69, 9.17) is 21.2 Å². The Morgan fingerprint density at radius 3 is 2.57 bits per heavy atom. The van der Waals surface area contributed by atoms with Gasteiger partial charge in [0, 0.05) is 24.7 Å². The Morgan fingerprint density at radius 2 is 1.84 bits per heavy atom. The van der Waals surface area contributed by atoms with E-state index in [2.05, 4.69) is 10.0 Å². The number of piperidine rings is 1. The van der Waals surface area contributed by atoms with E-state index in [0.717, 1.165) is 31.7 Å². The molecular weight excluding hydrogens is 527 g/mol. The van der Waals surface area contributed by atoms with Gasteiger partial charge in [-0.1, -0.05) is 29.8 Å². The fourth-order valence-corrected chi connectivity index (χ4v) is 4.40. The van der Waals surface area contributed by atoms with Crippen LogP contribution >= 0.6 is 19.4 Å². The minimum Gasteiger partial charge on any atom is -0.506 e. The molecule has 0 spiro atoms. The molecule has 2 aliphatic rings. The number of rotatable bonds is 6. The zero-order valence-electron chi connectivity index (χ0n) is 20.1. The first-order chi connectivity index (χ1) is 17.7. The van der Waals surface area contributed by atoms with Crippen LogP contribution in [-0.2, 0) is 18.9 Å². The number of ether oxygens (including phenoxy) is 1. The molecule has 0 atom stereocenters. The summed E-state index contributed by atoms with van der Waals surface area (Å²) in [5, 5.41) is 10.0. The molecule has 13 heteroatoms. The highest BCUT2D eigenvalue weighted by Gasteiger charge is 2.28. The number of hydroxylamine groups is 1. The maximum absolute atomic E-state index is 13.0. The zero-order chi connectivity index (χ0) is 26.8. The lowest BCUT2D eigenvalue weighted by Crippen LogP contribution is -2.39. The van der Waals surface area contributed by atoms with Gasteiger partial charge in [0.2, 0.25) is 0 Å². The first-order valence-electron chi connectivity index (χ1n) is 11.8. The van der Waals surface area contributed by atoms with E-state index < -0.39 is 30.9 Å². The topological polar surface area (TPSA) is 155 Å². The number of benzene rings is 1. The van der Waals surface area contributed by atoms with Crippen molar-refractivity contribution in [1.82, 2.24) is 10.4 Å². The third-order valence-corrected chi connectivity index (χ3v) is 6.37. The number of hydrogen-bond donors (Lipinski definition) is 4. The van der Waals surface area contributed by atoms with E-state index >= 15 is 0 Å². The summed E-state index contributed by atoms with van der Waals surface area (Å²) in [5.74, 6) is -2.34. The molecule has 0 bridgehead atoms. The van der Waals surface area contributed by atoms with E-state index in [9.17, 15) is 29.0 Å². The van der Waals surface area contributed by atoms with Crippen LogP contribution in [-0.4, -0.2) is 58.0 Å². The molecule has 0 saturated carbocycles. The van der Waals surface area contributed by atoms with Crippen molar-refractivity contribution in [1.29, 1.82) is 0 Å². The number of carbonyl (C=O) groups excluding carboxylic acids is 2. The number of phosphoric ester groups is 1. The van der Waals surface area contributed by atoms with Crippen molar-refractivity contribution in [3.05, 3.63) is 52.2 Å². The van der Waals surface area contributed by atoms with Gasteiger partial charge < -0.3 is 19.3 Å². The number of cyclic esters (lactones) is 1. The molecule has 37 heavy (non-hydrogen) atoms. The van der Waals surface area contributed by atoms with Gasteiger partial charge >= 0.3 is 13.8 Å². The second-order valence-electron chi connectivity index (χ2n) is 8.39. The molecule has 2 aliphatic heterocycles. The first kappa shape index (κ1) is 28.7. The minimum atomic E-state index is -5.12. The highest BCUT2D eigenvalue weighted by atomic mass is 35.5. The lowest BCUT2D eigenvalue weighted by atomic mass is 10.0. The van der Waals surface area contributed by atoms with Crippen LogP contribution in [0.4, 0.5) is 0 Å². The van der Waals surface area contributed by atoms with Gasteiger partial charge in [0.1, 0.15) is 11.3 Å². The number of fused-ring (bicyclic) bond motifs is 1. The van der Waals surface area contributed by atoms with E-state index in [1.807, 2.05) is 18.2 Å². The van der Waals surface area contributed by atoms with Crippen LogP contribution in [0.3, 0.4) is 0 Å². The molecular formula is C24H30ClN2O9P. The number of halogens is 1. The molecule has 0 aliphatic carbocycles. The van der Waals surface area contributed by atoms with Gasteiger partial charge in [-0.2, -0.15) is 0 Å². The molecule has 0 aromatic heterocycles. The van der Waals surface area contributed by atoms with Crippen LogP contribution < -0.4 is 10.0 Å². The number of nitrogens with one attached hydrogen (secondary N) is 1. The molecule has 0 unspecified atom stereocenters. The Labute approximate surface area is 219 Å². The number of carbonyl (C=O) groups is 2. The van der Waals surface area contributed by atoms with Gasteiger partial charge in [0.25, 0.3) is 5.91 Å². The minimum absolute atomic E-state index is 0.00496. The van der Waals surface area contributed by atoms with Gasteiger partial charge in [0.15, 0.2) is 12.4 Å². The summed E-state index contributed by atoms with van der Waals surface area (Å²) in [5.41, 5.74) is 2.39. The molecule has 4 N–H and O–H groups in total. The summed E-state index contributed by atoms with van der Waals surface area (Å²) in [6, 6.07) is 0.828. The SMILES string of the molecule is O=C1OCCC=CCCC=C/C(NOCC(=O)N2CCCCC2)=C/c2c(Cl)c(O)cc(OP(=O)(O)O)c21. The van der Waals surface area contributed by atoms with Crippen LogP contribution in [0.25, 0.3) is 6.08 Å². The standard InChI is InChI=1S/C24H30ClN2O9P/c25-23-18-14-17(26-35-16-21(29)27-11-7-5-8-12-27)10-6-3-1-2-4-9-13-34-24(30)22(18)20(15-19(23)28)36-37(31,32)33/h2,4,6,10,14-15,26,28H,1,3,5,7-9,11-13,16H2,(H2,31,32,33)/b4-2?,10-6?,17-14-. The summed E-state index contributed by atoms with van der Waals surface area (Å²) in [6.45, 7) is 1.09. The number of amides is 1. The molecule has 1 fully saturated rings. The Bertz CT molecular complexity index is 1120. The molecule has 202 valence electrons.